The zero-order chi connectivity index (χ0) is 12.4. The van der Waals surface area contributed by atoms with Crippen LogP contribution in [0.1, 0.15) is 17.3 Å². The van der Waals surface area contributed by atoms with Crippen molar-refractivity contribution in [2.24, 2.45) is 12.8 Å². The minimum atomic E-state index is 0.242. The third-order valence-corrected chi connectivity index (χ3v) is 3.25. The maximum Gasteiger partial charge on any atom is 0.106 e. The summed E-state index contributed by atoms with van der Waals surface area (Å²) >= 11 is 0. The van der Waals surface area contributed by atoms with Gasteiger partial charge in [0.25, 0.3) is 0 Å². The molecule has 4 heteroatoms. The van der Waals surface area contributed by atoms with Crippen LogP contribution in [0, 0.1) is 6.92 Å². The Kier molecular flexibility index (Phi) is 3.45. The number of ether oxygens (including phenoxy) is 1. The smallest absolute Gasteiger partial charge is 0.106 e. The van der Waals surface area contributed by atoms with Gasteiger partial charge in [-0.15, -0.1) is 0 Å². The molecule has 0 amide bonds. The molecule has 0 aliphatic carbocycles. The summed E-state index contributed by atoms with van der Waals surface area (Å²) in [6.07, 6.45) is 0. The van der Waals surface area contributed by atoms with Gasteiger partial charge in [-0.3, -0.25) is 0 Å². The van der Waals surface area contributed by atoms with Crippen LogP contribution in [0.5, 0.6) is 0 Å². The van der Waals surface area contributed by atoms with Crippen molar-refractivity contribution in [1.82, 2.24) is 9.55 Å². The first-order valence-corrected chi connectivity index (χ1v) is 5.79. The van der Waals surface area contributed by atoms with Gasteiger partial charge in [-0.1, -0.05) is 6.07 Å². The zero-order valence-electron chi connectivity index (χ0n) is 10.6. The van der Waals surface area contributed by atoms with Crippen molar-refractivity contribution < 1.29 is 4.74 Å². The Balaban J connectivity index is 2.43. The molecular weight excluding hydrogens is 214 g/mol. The standard InChI is InChI=1S/C13H19N3O/c1-9-15-12-6-10(11(7-14)8-17-3)4-5-13(12)16(9)2/h4-6,11H,7-8,14H2,1-3H3. The van der Waals surface area contributed by atoms with E-state index >= 15 is 0 Å². The number of nitrogens with two attached hydrogens (primary N) is 1. The molecule has 17 heavy (non-hydrogen) atoms. The van der Waals surface area contributed by atoms with Crippen molar-refractivity contribution in [3.63, 3.8) is 0 Å². The molecule has 0 saturated heterocycles. The lowest BCUT2D eigenvalue weighted by molar-refractivity contribution is 0.181. The van der Waals surface area contributed by atoms with E-state index in [-0.39, 0.29) is 5.92 Å². The molecule has 1 heterocycles. The molecule has 0 saturated carbocycles. The summed E-state index contributed by atoms with van der Waals surface area (Å²) in [5.41, 5.74) is 9.14. The number of imidazole rings is 1. The first-order chi connectivity index (χ1) is 8.17. The van der Waals surface area contributed by atoms with E-state index in [1.165, 1.54) is 5.56 Å². The highest BCUT2D eigenvalue weighted by Crippen LogP contribution is 2.21. The average molecular weight is 233 g/mol. The molecule has 0 spiro atoms. The molecule has 0 radical (unpaired) electrons. The van der Waals surface area contributed by atoms with E-state index in [0.717, 1.165) is 16.9 Å². The Labute approximate surface area is 101 Å². The van der Waals surface area contributed by atoms with Crippen LogP contribution < -0.4 is 5.73 Å². The zero-order valence-corrected chi connectivity index (χ0v) is 10.6. The summed E-state index contributed by atoms with van der Waals surface area (Å²) in [4.78, 5) is 4.53. The van der Waals surface area contributed by atoms with Crippen molar-refractivity contribution in [3.8, 4) is 0 Å². The second kappa shape index (κ2) is 4.85. The third-order valence-electron chi connectivity index (χ3n) is 3.25. The van der Waals surface area contributed by atoms with Crippen LogP contribution in [-0.4, -0.2) is 29.8 Å². The summed E-state index contributed by atoms with van der Waals surface area (Å²) in [7, 11) is 3.73. The lowest BCUT2D eigenvalue weighted by Crippen LogP contribution is -2.17. The summed E-state index contributed by atoms with van der Waals surface area (Å²) in [6, 6.07) is 6.32. The predicted molar refractivity (Wildman–Crippen MR) is 69.1 cm³/mol. The van der Waals surface area contributed by atoms with E-state index in [9.17, 15) is 0 Å². The van der Waals surface area contributed by atoms with E-state index in [0.29, 0.717) is 13.2 Å². The van der Waals surface area contributed by atoms with Gasteiger partial charge in [-0.25, -0.2) is 4.98 Å². The number of benzene rings is 1. The van der Waals surface area contributed by atoms with Crippen molar-refractivity contribution in [2.75, 3.05) is 20.3 Å². The number of hydrogen-bond acceptors (Lipinski definition) is 3. The number of nitrogens with zero attached hydrogens (tertiary/aromatic N) is 2. The number of aromatic nitrogens is 2. The highest BCUT2D eigenvalue weighted by molar-refractivity contribution is 5.77. The van der Waals surface area contributed by atoms with Crippen molar-refractivity contribution in [1.29, 1.82) is 0 Å². The van der Waals surface area contributed by atoms with Crippen LogP contribution in [0.3, 0.4) is 0 Å². The molecule has 0 fully saturated rings. The molecule has 0 aliphatic heterocycles. The van der Waals surface area contributed by atoms with Gasteiger partial charge in [0, 0.05) is 26.6 Å². The summed E-state index contributed by atoms with van der Waals surface area (Å²) < 4.78 is 7.27. The first kappa shape index (κ1) is 12.1. The molecule has 2 N–H and O–H groups in total. The topological polar surface area (TPSA) is 53.1 Å². The van der Waals surface area contributed by atoms with Gasteiger partial charge in [-0.2, -0.15) is 0 Å². The molecule has 1 aromatic heterocycles. The molecule has 0 bridgehead atoms. The molecule has 2 aromatic rings. The van der Waals surface area contributed by atoms with Crippen LogP contribution in [0.2, 0.25) is 0 Å². The van der Waals surface area contributed by atoms with E-state index in [1.54, 1.807) is 7.11 Å². The Morgan fingerprint density at radius 3 is 2.88 bits per heavy atom. The first-order valence-electron chi connectivity index (χ1n) is 5.79. The Bertz CT molecular complexity index is 519. The fraction of sp³-hybridized carbons (Fsp3) is 0.462. The Morgan fingerprint density at radius 1 is 1.47 bits per heavy atom. The molecule has 2 rings (SSSR count). The van der Waals surface area contributed by atoms with E-state index in [1.807, 2.05) is 14.0 Å². The van der Waals surface area contributed by atoms with Crippen molar-refractivity contribution in [3.05, 3.63) is 29.6 Å². The number of hydrogen-bond donors (Lipinski definition) is 1. The van der Waals surface area contributed by atoms with Crippen LogP contribution >= 0.6 is 0 Å². The molecule has 4 nitrogen and oxygen atoms in total. The van der Waals surface area contributed by atoms with Crippen LogP contribution in [0.25, 0.3) is 11.0 Å². The number of methoxy groups -OCH3 is 1. The van der Waals surface area contributed by atoms with Gasteiger partial charge in [-0.05, 0) is 24.6 Å². The maximum absolute atomic E-state index is 5.76. The Morgan fingerprint density at radius 2 is 2.24 bits per heavy atom. The van der Waals surface area contributed by atoms with Gasteiger partial charge in [0.05, 0.1) is 17.6 Å². The summed E-state index contributed by atoms with van der Waals surface area (Å²) in [6.45, 7) is 3.24. The number of rotatable bonds is 4. The Hall–Kier alpha value is -1.39. The van der Waals surface area contributed by atoms with E-state index < -0.39 is 0 Å². The lowest BCUT2D eigenvalue weighted by Gasteiger charge is -2.13. The molecular formula is C13H19N3O. The highest BCUT2D eigenvalue weighted by Gasteiger charge is 2.12. The number of aryl methyl sites for hydroxylation is 2. The quantitative estimate of drug-likeness (QED) is 0.872. The van der Waals surface area contributed by atoms with E-state index in [4.69, 9.17) is 10.5 Å². The second-order valence-corrected chi connectivity index (χ2v) is 4.35. The molecule has 1 unspecified atom stereocenters. The molecule has 92 valence electrons. The predicted octanol–water partition coefficient (Wildman–Crippen LogP) is 1.57. The van der Waals surface area contributed by atoms with Gasteiger partial charge in [0.2, 0.25) is 0 Å². The van der Waals surface area contributed by atoms with Crippen molar-refractivity contribution in [2.45, 2.75) is 12.8 Å². The average Bonchev–Trinajstić information content (AvgIpc) is 2.61. The second-order valence-electron chi connectivity index (χ2n) is 4.35. The van der Waals surface area contributed by atoms with Gasteiger partial charge >= 0.3 is 0 Å². The van der Waals surface area contributed by atoms with Crippen LogP contribution in [0.4, 0.5) is 0 Å². The van der Waals surface area contributed by atoms with Gasteiger partial charge < -0.3 is 15.0 Å². The largest absolute Gasteiger partial charge is 0.384 e. The molecule has 1 atom stereocenters. The number of fused-ring (bicyclic) bond motifs is 1. The van der Waals surface area contributed by atoms with Gasteiger partial charge in [0.15, 0.2) is 0 Å². The molecule has 0 aliphatic rings. The third kappa shape index (κ3) is 2.18. The van der Waals surface area contributed by atoms with Crippen LogP contribution in [-0.2, 0) is 11.8 Å². The monoisotopic (exact) mass is 233 g/mol. The van der Waals surface area contributed by atoms with Gasteiger partial charge in [0.1, 0.15) is 5.82 Å². The minimum Gasteiger partial charge on any atom is -0.384 e. The highest BCUT2D eigenvalue weighted by atomic mass is 16.5. The minimum absolute atomic E-state index is 0.242. The SMILES string of the molecule is COCC(CN)c1ccc2c(c1)nc(C)n2C. The fourth-order valence-corrected chi connectivity index (χ4v) is 2.09. The summed E-state index contributed by atoms with van der Waals surface area (Å²) in [5, 5.41) is 0. The normalized spacial score (nSPS) is 13.2. The fourth-order valence-electron chi connectivity index (χ4n) is 2.09. The van der Waals surface area contributed by atoms with Crippen molar-refractivity contribution >= 4 is 11.0 Å². The maximum atomic E-state index is 5.76. The van der Waals surface area contributed by atoms with E-state index in [2.05, 4.69) is 27.8 Å². The van der Waals surface area contributed by atoms with Crippen LogP contribution in [0.15, 0.2) is 18.2 Å². The lowest BCUT2D eigenvalue weighted by atomic mass is 10.00. The summed E-state index contributed by atoms with van der Waals surface area (Å²) in [5.74, 6) is 1.26. The molecule has 1 aromatic carbocycles.